The Morgan fingerprint density at radius 3 is 2.67 bits per heavy atom. The Morgan fingerprint density at radius 2 is 2.06 bits per heavy atom. The second kappa shape index (κ2) is 5.21. The van der Waals surface area contributed by atoms with Gasteiger partial charge in [-0.05, 0) is 24.1 Å². The number of rotatable bonds is 4. The van der Waals surface area contributed by atoms with Crippen LogP contribution in [0.3, 0.4) is 0 Å². The van der Waals surface area contributed by atoms with Gasteiger partial charge in [0.05, 0.1) is 0 Å². The zero-order valence-corrected chi connectivity index (χ0v) is 11.2. The molecule has 0 bridgehead atoms. The molecule has 4 heteroatoms. The zero-order valence-electron chi connectivity index (χ0n) is 11.2. The summed E-state index contributed by atoms with van der Waals surface area (Å²) in [4.78, 5) is 4.57. The van der Waals surface area contributed by atoms with E-state index in [1.807, 2.05) is 29.9 Å². The quantitative estimate of drug-likeness (QED) is 0.840. The standard InChI is InChI=1S/C14H20N4/c1-10(2)14-16-13(17-18(14)3)8-7-11-5-4-6-12(15)9-11/h4-6,9-10H,7-8,15H2,1-3H3. The van der Waals surface area contributed by atoms with Gasteiger partial charge in [-0.25, -0.2) is 4.98 Å². The summed E-state index contributed by atoms with van der Waals surface area (Å²) in [7, 11) is 1.95. The van der Waals surface area contributed by atoms with E-state index in [0.717, 1.165) is 30.2 Å². The average Bonchev–Trinajstić information content (AvgIpc) is 2.68. The van der Waals surface area contributed by atoms with Crippen molar-refractivity contribution in [3.63, 3.8) is 0 Å². The summed E-state index contributed by atoms with van der Waals surface area (Å²) in [5, 5.41) is 4.44. The second-order valence-corrected chi connectivity index (χ2v) is 4.91. The molecule has 18 heavy (non-hydrogen) atoms. The summed E-state index contributed by atoms with van der Waals surface area (Å²) >= 11 is 0. The minimum absolute atomic E-state index is 0.406. The number of anilines is 1. The summed E-state index contributed by atoms with van der Waals surface area (Å²) in [6, 6.07) is 7.98. The van der Waals surface area contributed by atoms with Crippen LogP contribution in [0.25, 0.3) is 0 Å². The average molecular weight is 244 g/mol. The van der Waals surface area contributed by atoms with Crippen molar-refractivity contribution in [3.8, 4) is 0 Å². The van der Waals surface area contributed by atoms with Crippen molar-refractivity contribution >= 4 is 5.69 Å². The molecule has 0 radical (unpaired) electrons. The summed E-state index contributed by atoms with van der Waals surface area (Å²) < 4.78 is 1.87. The first-order chi connectivity index (χ1) is 8.56. The molecule has 0 spiro atoms. The van der Waals surface area contributed by atoms with Gasteiger partial charge in [0.2, 0.25) is 0 Å². The molecular formula is C14H20N4. The van der Waals surface area contributed by atoms with Crippen LogP contribution >= 0.6 is 0 Å². The van der Waals surface area contributed by atoms with Crippen LogP contribution < -0.4 is 5.73 Å². The summed E-state index contributed by atoms with van der Waals surface area (Å²) in [6.45, 7) is 4.26. The third-order valence-corrected chi connectivity index (χ3v) is 2.95. The van der Waals surface area contributed by atoms with Crippen molar-refractivity contribution in [1.82, 2.24) is 14.8 Å². The van der Waals surface area contributed by atoms with E-state index in [2.05, 4.69) is 30.0 Å². The van der Waals surface area contributed by atoms with E-state index in [1.165, 1.54) is 5.56 Å². The van der Waals surface area contributed by atoms with Crippen LogP contribution in [0, 0.1) is 0 Å². The molecule has 96 valence electrons. The highest BCUT2D eigenvalue weighted by molar-refractivity contribution is 5.40. The Bertz CT molecular complexity index is 528. The van der Waals surface area contributed by atoms with E-state index < -0.39 is 0 Å². The highest BCUT2D eigenvalue weighted by atomic mass is 15.3. The van der Waals surface area contributed by atoms with Crippen molar-refractivity contribution in [1.29, 1.82) is 0 Å². The SMILES string of the molecule is CC(C)c1nc(CCc2cccc(N)c2)nn1C. The van der Waals surface area contributed by atoms with Crippen LogP contribution in [0.15, 0.2) is 24.3 Å². The van der Waals surface area contributed by atoms with Crippen LogP contribution in [0.5, 0.6) is 0 Å². The molecule has 0 amide bonds. The van der Waals surface area contributed by atoms with E-state index in [4.69, 9.17) is 5.73 Å². The maximum absolute atomic E-state index is 5.76. The maximum Gasteiger partial charge on any atom is 0.151 e. The fourth-order valence-electron chi connectivity index (χ4n) is 2.06. The Kier molecular flexibility index (Phi) is 3.65. The van der Waals surface area contributed by atoms with Gasteiger partial charge in [0, 0.05) is 25.1 Å². The van der Waals surface area contributed by atoms with Gasteiger partial charge < -0.3 is 5.73 Å². The largest absolute Gasteiger partial charge is 0.399 e. The Balaban J connectivity index is 2.04. The van der Waals surface area contributed by atoms with Gasteiger partial charge in [0.1, 0.15) is 5.82 Å². The number of nitrogens with zero attached hydrogens (tertiary/aromatic N) is 3. The monoisotopic (exact) mass is 244 g/mol. The van der Waals surface area contributed by atoms with Crippen LogP contribution in [-0.4, -0.2) is 14.8 Å². The number of nitrogen functional groups attached to an aromatic ring is 1. The van der Waals surface area contributed by atoms with Gasteiger partial charge in [0.25, 0.3) is 0 Å². The lowest BCUT2D eigenvalue weighted by molar-refractivity contribution is 0.651. The number of aryl methyl sites for hydroxylation is 3. The first-order valence-corrected chi connectivity index (χ1v) is 6.30. The molecule has 0 aliphatic rings. The molecule has 0 saturated carbocycles. The van der Waals surface area contributed by atoms with Gasteiger partial charge in [-0.15, -0.1) is 0 Å². The van der Waals surface area contributed by atoms with Crippen LogP contribution in [0.1, 0.15) is 37.0 Å². The van der Waals surface area contributed by atoms with E-state index in [1.54, 1.807) is 0 Å². The molecule has 0 fully saturated rings. The second-order valence-electron chi connectivity index (χ2n) is 4.91. The molecule has 2 N–H and O–H groups in total. The van der Waals surface area contributed by atoms with Crippen LogP contribution in [0.4, 0.5) is 5.69 Å². The van der Waals surface area contributed by atoms with E-state index >= 15 is 0 Å². The predicted octanol–water partition coefficient (Wildman–Crippen LogP) is 2.31. The molecule has 1 aromatic carbocycles. The summed E-state index contributed by atoms with van der Waals surface area (Å²) in [5.74, 6) is 2.35. The number of nitrogens with two attached hydrogens (primary N) is 1. The Hall–Kier alpha value is -1.84. The van der Waals surface area contributed by atoms with Gasteiger partial charge in [-0.3, -0.25) is 4.68 Å². The van der Waals surface area contributed by atoms with E-state index in [0.29, 0.717) is 5.92 Å². The van der Waals surface area contributed by atoms with Crippen LogP contribution in [0.2, 0.25) is 0 Å². The fourth-order valence-corrected chi connectivity index (χ4v) is 2.06. The lowest BCUT2D eigenvalue weighted by Gasteiger charge is -2.00. The van der Waals surface area contributed by atoms with Crippen molar-refractivity contribution in [2.45, 2.75) is 32.6 Å². The molecular weight excluding hydrogens is 224 g/mol. The zero-order chi connectivity index (χ0) is 13.1. The fraction of sp³-hybridized carbons (Fsp3) is 0.429. The third-order valence-electron chi connectivity index (χ3n) is 2.95. The number of benzene rings is 1. The lowest BCUT2D eigenvalue weighted by atomic mass is 10.1. The normalized spacial score (nSPS) is 11.1. The van der Waals surface area contributed by atoms with Gasteiger partial charge in [-0.2, -0.15) is 5.10 Å². The van der Waals surface area contributed by atoms with Crippen LogP contribution in [-0.2, 0) is 19.9 Å². The van der Waals surface area contributed by atoms with E-state index in [9.17, 15) is 0 Å². The first-order valence-electron chi connectivity index (χ1n) is 6.30. The highest BCUT2D eigenvalue weighted by Gasteiger charge is 2.10. The van der Waals surface area contributed by atoms with Gasteiger partial charge in [-0.1, -0.05) is 26.0 Å². The Morgan fingerprint density at radius 1 is 1.28 bits per heavy atom. The number of hydrogen-bond acceptors (Lipinski definition) is 3. The van der Waals surface area contributed by atoms with E-state index in [-0.39, 0.29) is 0 Å². The maximum atomic E-state index is 5.76. The molecule has 1 aromatic heterocycles. The molecule has 0 saturated heterocycles. The van der Waals surface area contributed by atoms with Gasteiger partial charge >= 0.3 is 0 Å². The number of hydrogen-bond donors (Lipinski definition) is 1. The predicted molar refractivity (Wildman–Crippen MR) is 73.4 cm³/mol. The molecule has 0 aliphatic heterocycles. The Labute approximate surface area is 108 Å². The van der Waals surface area contributed by atoms with Gasteiger partial charge in [0.15, 0.2) is 5.82 Å². The summed E-state index contributed by atoms with van der Waals surface area (Å²) in [5.41, 5.74) is 7.80. The molecule has 2 aromatic rings. The lowest BCUT2D eigenvalue weighted by Crippen LogP contribution is -2.00. The van der Waals surface area contributed by atoms with Crippen molar-refractivity contribution in [3.05, 3.63) is 41.5 Å². The summed E-state index contributed by atoms with van der Waals surface area (Å²) in [6.07, 6.45) is 1.77. The molecule has 0 aliphatic carbocycles. The van der Waals surface area contributed by atoms with Crippen molar-refractivity contribution in [2.75, 3.05) is 5.73 Å². The number of aromatic nitrogens is 3. The molecule has 1 heterocycles. The van der Waals surface area contributed by atoms with Crippen molar-refractivity contribution in [2.24, 2.45) is 7.05 Å². The smallest absolute Gasteiger partial charge is 0.151 e. The third kappa shape index (κ3) is 2.88. The highest BCUT2D eigenvalue weighted by Crippen LogP contribution is 2.13. The first kappa shape index (κ1) is 12.6. The molecule has 4 nitrogen and oxygen atoms in total. The topological polar surface area (TPSA) is 56.7 Å². The molecule has 2 rings (SSSR count). The molecule has 0 unspecified atom stereocenters. The molecule has 0 atom stereocenters. The minimum atomic E-state index is 0.406. The van der Waals surface area contributed by atoms with Crippen molar-refractivity contribution < 1.29 is 0 Å². The minimum Gasteiger partial charge on any atom is -0.399 e.